The van der Waals surface area contributed by atoms with Crippen molar-refractivity contribution >= 4 is 11.6 Å². The standard InChI is InChI=1S/C17H27N3O/c1-13(14-5-7-15(18)8-6-14)11-16(21)20-10-9-19(4)17(2,3)12-20/h5-8,13H,9-12,18H2,1-4H3. The molecule has 1 heterocycles. The molecule has 4 heteroatoms. The second-order valence-electron chi connectivity index (χ2n) is 6.82. The molecule has 1 aliphatic heterocycles. The molecule has 116 valence electrons. The Bertz CT molecular complexity index is 495. The van der Waals surface area contributed by atoms with Crippen LogP contribution in [0.15, 0.2) is 24.3 Å². The Hall–Kier alpha value is -1.55. The maximum Gasteiger partial charge on any atom is 0.223 e. The number of piperazine rings is 1. The van der Waals surface area contributed by atoms with E-state index in [0.717, 1.165) is 25.3 Å². The molecule has 2 N–H and O–H groups in total. The van der Waals surface area contributed by atoms with E-state index in [-0.39, 0.29) is 17.4 Å². The number of hydrogen-bond acceptors (Lipinski definition) is 3. The van der Waals surface area contributed by atoms with Crippen LogP contribution in [-0.2, 0) is 4.79 Å². The van der Waals surface area contributed by atoms with E-state index in [1.165, 1.54) is 5.56 Å². The number of amides is 1. The highest BCUT2D eigenvalue weighted by molar-refractivity contribution is 5.77. The zero-order valence-electron chi connectivity index (χ0n) is 13.6. The molecule has 1 fully saturated rings. The summed E-state index contributed by atoms with van der Waals surface area (Å²) in [6.45, 7) is 9.05. The molecule has 1 unspecified atom stereocenters. The largest absolute Gasteiger partial charge is 0.399 e. The van der Waals surface area contributed by atoms with Gasteiger partial charge in [-0.25, -0.2) is 0 Å². The summed E-state index contributed by atoms with van der Waals surface area (Å²) in [5.41, 5.74) is 7.70. The van der Waals surface area contributed by atoms with Crippen molar-refractivity contribution in [3.63, 3.8) is 0 Å². The average molecular weight is 289 g/mol. The number of rotatable bonds is 3. The highest BCUT2D eigenvalue weighted by Gasteiger charge is 2.33. The molecule has 0 radical (unpaired) electrons. The number of nitrogens with two attached hydrogens (primary N) is 1. The van der Waals surface area contributed by atoms with Gasteiger partial charge in [0.15, 0.2) is 0 Å². The Kier molecular flexibility index (Phi) is 4.57. The number of hydrogen-bond donors (Lipinski definition) is 1. The lowest BCUT2D eigenvalue weighted by Gasteiger charge is -2.45. The number of nitrogen functional groups attached to an aromatic ring is 1. The van der Waals surface area contributed by atoms with Crippen molar-refractivity contribution in [3.8, 4) is 0 Å². The van der Waals surface area contributed by atoms with E-state index in [4.69, 9.17) is 5.73 Å². The molecule has 1 amide bonds. The summed E-state index contributed by atoms with van der Waals surface area (Å²) in [6.07, 6.45) is 0.559. The van der Waals surface area contributed by atoms with Crippen LogP contribution in [0, 0.1) is 0 Å². The SMILES string of the molecule is CC(CC(=O)N1CCN(C)C(C)(C)C1)c1ccc(N)cc1. The zero-order valence-corrected chi connectivity index (χ0v) is 13.6. The third kappa shape index (κ3) is 3.76. The van der Waals surface area contributed by atoms with Gasteiger partial charge in [-0.05, 0) is 44.5 Å². The molecule has 21 heavy (non-hydrogen) atoms. The molecule has 1 aromatic rings. The monoisotopic (exact) mass is 289 g/mol. The Balaban J connectivity index is 1.96. The maximum atomic E-state index is 12.5. The lowest BCUT2D eigenvalue weighted by Crippen LogP contribution is -2.58. The highest BCUT2D eigenvalue weighted by Crippen LogP contribution is 2.24. The van der Waals surface area contributed by atoms with Crippen LogP contribution in [-0.4, -0.2) is 47.9 Å². The Morgan fingerprint density at radius 3 is 2.48 bits per heavy atom. The van der Waals surface area contributed by atoms with Gasteiger partial charge in [-0.15, -0.1) is 0 Å². The molecule has 1 aromatic carbocycles. The van der Waals surface area contributed by atoms with Crippen molar-refractivity contribution in [2.24, 2.45) is 0 Å². The number of carbonyl (C=O) groups excluding carboxylic acids is 1. The topological polar surface area (TPSA) is 49.6 Å². The summed E-state index contributed by atoms with van der Waals surface area (Å²) >= 11 is 0. The predicted octanol–water partition coefficient (Wildman–Crippen LogP) is 2.32. The summed E-state index contributed by atoms with van der Waals surface area (Å²) < 4.78 is 0. The molecule has 0 spiro atoms. The molecule has 0 aliphatic carbocycles. The van der Waals surface area contributed by atoms with Crippen LogP contribution in [0.25, 0.3) is 0 Å². The first-order valence-electron chi connectivity index (χ1n) is 7.64. The smallest absolute Gasteiger partial charge is 0.223 e. The summed E-state index contributed by atoms with van der Waals surface area (Å²) in [7, 11) is 2.12. The van der Waals surface area contributed by atoms with Gasteiger partial charge in [0.2, 0.25) is 5.91 Å². The predicted molar refractivity (Wildman–Crippen MR) is 87.2 cm³/mol. The minimum absolute atomic E-state index is 0.0539. The van der Waals surface area contributed by atoms with Crippen LogP contribution in [0.3, 0.4) is 0 Å². The van der Waals surface area contributed by atoms with E-state index in [1.807, 2.05) is 29.2 Å². The first-order chi connectivity index (χ1) is 9.79. The van der Waals surface area contributed by atoms with Crippen LogP contribution in [0.1, 0.15) is 38.7 Å². The van der Waals surface area contributed by atoms with E-state index in [0.29, 0.717) is 6.42 Å². The molecule has 1 aliphatic rings. The normalized spacial score (nSPS) is 20.3. The average Bonchev–Trinajstić information content (AvgIpc) is 2.42. The number of likely N-dealkylation sites (N-methyl/N-ethyl adjacent to an activating group) is 1. The molecular formula is C17H27N3O. The van der Waals surface area contributed by atoms with Crippen molar-refractivity contribution in [1.29, 1.82) is 0 Å². The van der Waals surface area contributed by atoms with Gasteiger partial charge in [0.1, 0.15) is 0 Å². The van der Waals surface area contributed by atoms with E-state index < -0.39 is 0 Å². The van der Waals surface area contributed by atoms with Crippen LogP contribution < -0.4 is 5.73 Å². The minimum Gasteiger partial charge on any atom is -0.399 e. The first kappa shape index (κ1) is 15.8. The molecule has 0 aromatic heterocycles. The Morgan fingerprint density at radius 2 is 1.90 bits per heavy atom. The molecule has 2 rings (SSSR count). The second kappa shape index (κ2) is 6.06. The molecule has 0 saturated carbocycles. The van der Waals surface area contributed by atoms with Crippen LogP contribution in [0.2, 0.25) is 0 Å². The fourth-order valence-electron chi connectivity index (χ4n) is 2.79. The van der Waals surface area contributed by atoms with Gasteiger partial charge in [0.05, 0.1) is 0 Å². The lowest BCUT2D eigenvalue weighted by atomic mass is 9.95. The fraction of sp³-hybridized carbons (Fsp3) is 0.588. The van der Waals surface area contributed by atoms with Crippen LogP contribution in [0.4, 0.5) is 5.69 Å². The van der Waals surface area contributed by atoms with E-state index in [9.17, 15) is 4.79 Å². The van der Waals surface area contributed by atoms with Crippen molar-refractivity contribution in [1.82, 2.24) is 9.80 Å². The quantitative estimate of drug-likeness (QED) is 0.869. The lowest BCUT2D eigenvalue weighted by molar-refractivity contribution is -0.136. The zero-order chi connectivity index (χ0) is 15.6. The van der Waals surface area contributed by atoms with Gasteiger partial charge in [-0.2, -0.15) is 0 Å². The third-order valence-electron chi connectivity index (χ3n) is 4.66. The maximum absolute atomic E-state index is 12.5. The Labute approximate surface area is 127 Å². The van der Waals surface area contributed by atoms with E-state index in [1.54, 1.807) is 0 Å². The first-order valence-corrected chi connectivity index (χ1v) is 7.64. The highest BCUT2D eigenvalue weighted by atomic mass is 16.2. The van der Waals surface area contributed by atoms with Gasteiger partial charge in [0, 0.05) is 37.3 Å². The number of anilines is 1. The van der Waals surface area contributed by atoms with Crippen molar-refractivity contribution in [2.75, 3.05) is 32.4 Å². The summed E-state index contributed by atoms with van der Waals surface area (Å²) in [5.74, 6) is 0.473. The van der Waals surface area contributed by atoms with Crippen molar-refractivity contribution in [3.05, 3.63) is 29.8 Å². The molecule has 0 bridgehead atoms. The summed E-state index contributed by atoms with van der Waals surface area (Å²) in [4.78, 5) is 16.9. The van der Waals surface area contributed by atoms with E-state index in [2.05, 4.69) is 32.7 Å². The Morgan fingerprint density at radius 1 is 1.29 bits per heavy atom. The fourth-order valence-corrected chi connectivity index (χ4v) is 2.79. The second-order valence-corrected chi connectivity index (χ2v) is 6.82. The minimum atomic E-state index is 0.0539. The van der Waals surface area contributed by atoms with Crippen molar-refractivity contribution < 1.29 is 4.79 Å². The van der Waals surface area contributed by atoms with Crippen LogP contribution in [0.5, 0.6) is 0 Å². The van der Waals surface area contributed by atoms with Gasteiger partial charge in [-0.1, -0.05) is 19.1 Å². The number of nitrogens with zero attached hydrogens (tertiary/aromatic N) is 2. The molecule has 1 saturated heterocycles. The summed E-state index contributed by atoms with van der Waals surface area (Å²) in [5, 5.41) is 0. The van der Waals surface area contributed by atoms with Gasteiger partial charge >= 0.3 is 0 Å². The molecule has 4 nitrogen and oxygen atoms in total. The summed E-state index contributed by atoms with van der Waals surface area (Å²) in [6, 6.07) is 7.83. The van der Waals surface area contributed by atoms with Gasteiger partial charge in [-0.3, -0.25) is 9.69 Å². The number of carbonyl (C=O) groups is 1. The molecule has 1 atom stereocenters. The van der Waals surface area contributed by atoms with Crippen LogP contribution >= 0.6 is 0 Å². The van der Waals surface area contributed by atoms with Gasteiger partial charge < -0.3 is 10.6 Å². The third-order valence-corrected chi connectivity index (χ3v) is 4.66. The van der Waals surface area contributed by atoms with E-state index >= 15 is 0 Å². The van der Waals surface area contributed by atoms with Crippen molar-refractivity contribution in [2.45, 2.75) is 38.6 Å². The number of benzene rings is 1. The molecular weight excluding hydrogens is 262 g/mol. The van der Waals surface area contributed by atoms with Gasteiger partial charge in [0.25, 0.3) is 0 Å².